The lowest BCUT2D eigenvalue weighted by atomic mass is 10.2. The molecule has 0 aliphatic heterocycles. The molecule has 0 radical (unpaired) electrons. The van der Waals surface area contributed by atoms with Crippen LogP contribution in [0.5, 0.6) is 0 Å². The van der Waals surface area contributed by atoms with Gasteiger partial charge in [0.05, 0.1) is 17.2 Å². The van der Waals surface area contributed by atoms with Gasteiger partial charge in [-0.05, 0) is 32.0 Å². The fourth-order valence-electron chi connectivity index (χ4n) is 2.68. The smallest absolute Gasteiger partial charge is 0.326 e. The summed E-state index contributed by atoms with van der Waals surface area (Å²) in [5.74, 6) is -0.441. The molecule has 0 bridgehead atoms. The molecule has 0 unspecified atom stereocenters. The Balaban J connectivity index is 1.64. The van der Waals surface area contributed by atoms with Gasteiger partial charge < -0.3 is 15.2 Å². The number of nitrogens with zero attached hydrogens (tertiary/aromatic N) is 4. The Labute approximate surface area is 189 Å². The number of anilines is 2. The Morgan fingerprint density at radius 1 is 1.25 bits per heavy atom. The molecule has 2 heterocycles. The molecule has 2 N–H and O–H groups in total. The van der Waals surface area contributed by atoms with Crippen LogP contribution >= 0.6 is 23.1 Å². The second-order valence-corrected chi connectivity index (χ2v) is 8.74. The highest BCUT2D eigenvalue weighted by atomic mass is 32.2. The molecule has 0 fully saturated rings. The summed E-state index contributed by atoms with van der Waals surface area (Å²) in [6, 6.07) is 4.40. The van der Waals surface area contributed by atoms with Crippen LogP contribution in [0.2, 0.25) is 0 Å². The normalized spacial score (nSPS) is 12.4. The number of thiazole rings is 1. The number of thioether (sulfide) groups is 1. The minimum Gasteiger partial charge on any atom is -0.326 e. The molecular weight excluding hydrogens is 465 g/mol. The molecule has 1 atom stereocenters. The number of hydrogen-bond donors (Lipinski definition) is 2. The van der Waals surface area contributed by atoms with Crippen LogP contribution in [0.15, 0.2) is 41.0 Å². The van der Waals surface area contributed by atoms with Gasteiger partial charge in [-0.1, -0.05) is 17.8 Å². The van der Waals surface area contributed by atoms with Crippen molar-refractivity contribution in [2.24, 2.45) is 0 Å². The zero-order chi connectivity index (χ0) is 23.3. The van der Waals surface area contributed by atoms with Crippen molar-refractivity contribution < 1.29 is 22.8 Å². The fraction of sp³-hybridized carbons (Fsp3) is 0.316. The van der Waals surface area contributed by atoms with E-state index in [2.05, 4.69) is 25.8 Å². The van der Waals surface area contributed by atoms with Crippen LogP contribution in [0.3, 0.4) is 0 Å². The molecular formula is C19H19F3N6O2S2. The highest BCUT2D eigenvalue weighted by Gasteiger charge is 2.30. The largest absolute Gasteiger partial charge is 0.416 e. The van der Waals surface area contributed by atoms with E-state index >= 15 is 0 Å². The summed E-state index contributed by atoms with van der Waals surface area (Å²) in [6.45, 7) is 3.99. The highest BCUT2D eigenvalue weighted by Crippen LogP contribution is 2.30. The number of amides is 2. The molecule has 0 aliphatic rings. The average molecular weight is 485 g/mol. The first-order chi connectivity index (χ1) is 15.2. The van der Waals surface area contributed by atoms with Gasteiger partial charge in [0.2, 0.25) is 11.8 Å². The van der Waals surface area contributed by atoms with Gasteiger partial charge in [-0.2, -0.15) is 13.2 Å². The summed E-state index contributed by atoms with van der Waals surface area (Å²) < 4.78 is 40.2. The molecule has 3 aromatic rings. The van der Waals surface area contributed by atoms with E-state index in [4.69, 9.17) is 0 Å². The maximum Gasteiger partial charge on any atom is 0.416 e. The van der Waals surface area contributed by atoms with Crippen LogP contribution in [-0.4, -0.2) is 36.8 Å². The van der Waals surface area contributed by atoms with Crippen molar-refractivity contribution in [3.63, 3.8) is 0 Å². The predicted molar refractivity (Wildman–Crippen MR) is 116 cm³/mol. The van der Waals surface area contributed by atoms with E-state index in [1.807, 2.05) is 6.92 Å². The highest BCUT2D eigenvalue weighted by molar-refractivity contribution is 8.00. The fourth-order valence-corrected chi connectivity index (χ4v) is 4.14. The van der Waals surface area contributed by atoms with Crippen molar-refractivity contribution in [2.45, 2.75) is 43.4 Å². The molecule has 13 heteroatoms. The van der Waals surface area contributed by atoms with E-state index in [0.29, 0.717) is 22.7 Å². The molecule has 2 aromatic heterocycles. The minimum absolute atomic E-state index is 0.0365. The van der Waals surface area contributed by atoms with Crippen molar-refractivity contribution in [3.05, 3.63) is 47.2 Å². The molecule has 3 rings (SSSR count). The number of carbonyl (C=O) groups is 2. The summed E-state index contributed by atoms with van der Waals surface area (Å²) in [7, 11) is 0. The molecule has 0 aliphatic carbocycles. The van der Waals surface area contributed by atoms with Gasteiger partial charge in [0.15, 0.2) is 10.3 Å². The second kappa shape index (κ2) is 10.1. The van der Waals surface area contributed by atoms with Crippen LogP contribution in [0.4, 0.5) is 24.0 Å². The summed E-state index contributed by atoms with van der Waals surface area (Å²) in [6.07, 6.45) is -3.10. The van der Waals surface area contributed by atoms with Crippen LogP contribution in [0, 0.1) is 0 Å². The number of nitrogens with one attached hydrogen (secondary N) is 2. The first-order valence-corrected chi connectivity index (χ1v) is 11.2. The number of benzene rings is 1. The minimum atomic E-state index is -4.50. The van der Waals surface area contributed by atoms with Crippen LogP contribution in [-0.2, 0) is 28.7 Å². The summed E-state index contributed by atoms with van der Waals surface area (Å²) in [5, 5.41) is 15.4. The Bertz CT molecular complexity index is 1090. The van der Waals surface area contributed by atoms with Gasteiger partial charge in [-0.25, -0.2) is 4.98 Å². The van der Waals surface area contributed by atoms with E-state index in [0.717, 1.165) is 12.1 Å². The van der Waals surface area contributed by atoms with Gasteiger partial charge in [-0.3, -0.25) is 9.59 Å². The Morgan fingerprint density at radius 2 is 2.03 bits per heavy atom. The van der Waals surface area contributed by atoms with Gasteiger partial charge in [0.25, 0.3) is 0 Å². The van der Waals surface area contributed by atoms with Gasteiger partial charge >= 0.3 is 6.18 Å². The number of alkyl halides is 3. The third kappa shape index (κ3) is 6.07. The number of halogens is 3. The predicted octanol–water partition coefficient (Wildman–Crippen LogP) is 4.07. The first kappa shape index (κ1) is 23.7. The van der Waals surface area contributed by atoms with Crippen LogP contribution in [0.25, 0.3) is 0 Å². The van der Waals surface area contributed by atoms with Crippen molar-refractivity contribution in [1.82, 2.24) is 19.7 Å². The van der Waals surface area contributed by atoms with E-state index in [9.17, 15) is 22.8 Å². The summed E-state index contributed by atoms with van der Waals surface area (Å²) in [5.41, 5.74) is -0.815. The molecule has 0 spiro atoms. The van der Waals surface area contributed by atoms with E-state index in [1.54, 1.807) is 23.1 Å². The van der Waals surface area contributed by atoms with Crippen molar-refractivity contribution in [1.29, 1.82) is 0 Å². The molecule has 2 amide bonds. The topological polar surface area (TPSA) is 102 Å². The van der Waals surface area contributed by atoms with Gasteiger partial charge in [-0.15, -0.1) is 21.5 Å². The Hall–Kier alpha value is -2.93. The second-order valence-electron chi connectivity index (χ2n) is 6.53. The lowest BCUT2D eigenvalue weighted by Crippen LogP contribution is -2.23. The van der Waals surface area contributed by atoms with Crippen LogP contribution in [0.1, 0.15) is 25.2 Å². The van der Waals surface area contributed by atoms with E-state index in [1.165, 1.54) is 35.2 Å². The lowest BCUT2D eigenvalue weighted by molar-refractivity contribution is -0.137. The molecule has 0 saturated carbocycles. The summed E-state index contributed by atoms with van der Waals surface area (Å²) in [4.78, 5) is 28.7. The van der Waals surface area contributed by atoms with Crippen molar-refractivity contribution in [2.75, 3.05) is 10.6 Å². The third-order valence-electron chi connectivity index (χ3n) is 4.22. The maximum absolute atomic E-state index is 12.9. The van der Waals surface area contributed by atoms with Gasteiger partial charge in [0.1, 0.15) is 5.82 Å². The SMILES string of the molecule is CCn1c(CC(=O)Nc2cccc(C(F)(F)F)c2)nnc1S[C@H](C)C(=O)Nc1nccs1. The third-order valence-corrected chi connectivity index (χ3v) is 5.98. The molecule has 0 saturated heterocycles. The van der Waals surface area contributed by atoms with Crippen LogP contribution < -0.4 is 10.6 Å². The maximum atomic E-state index is 12.9. The zero-order valence-corrected chi connectivity index (χ0v) is 18.6. The number of hydrogen-bond acceptors (Lipinski definition) is 7. The average Bonchev–Trinajstić information content (AvgIpc) is 3.37. The molecule has 32 heavy (non-hydrogen) atoms. The van der Waals surface area contributed by atoms with E-state index < -0.39 is 22.9 Å². The number of aromatic nitrogens is 4. The molecule has 1 aromatic carbocycles. The molecule has 170 valence electrons. The first-order valence-electron chi connectivity index (χ1n) is 9.43. The monoisotopic (exact) mass is 484 g/mol. The Morgan fingerprint density at radius 3 is 2.69 bits per heavy atom. The Kier molecular flexibility index (Phi) is 7.51. The quantitative estimate of drug-likeness (QED) is 0.468. The zero-order valence-electron chi connectivity index (χ0n) is 17.0. The molecule has 8 nitrogen and oxygen atoms in total. The lowest BCUT2D eigenvalue weighted by Gasteiger charge is -2.12. The van der Waals surface area contributed by atoms with Gasteiger partial charge in [0, 0.05) is 23.8 Å². The van der Waals surface area contributed by atoms with Crippen molar-refractivity contribution in [3.8, 4) is 0 Å². The number of carbonyl (C=O) groups excluding carboxylic acids is 2. The standard InChI is InChI=1S/C19H19F3N6O2S2/c1-3-28-14(10-15(29)24-13-6-4-5-12(9-13)19(20,21)22)26-27-18(28)32-11(2)16(30)25-17-23-7-8-31-17/h4-9,11H,3,10H2,1-2H3,(H,24,29)(H,23,25,30)/t11-/m1/s1. The summed E-state index contributed by atoms with van der Waals surface area (Å²) >= 11 is 2.48. The van der Waals surface area contributed by atoms with Crippen molar-refractivity contribution >= 4 is 45.7 Å². The van der Waals surface area contributed by atoms with E-state index in [-0.39, 0.29) is 18.0 Å². The number of rotatable bonds is 8.